The van der Waals surface area contributed by atoms with Crippen molar-refractivity contribution in [2.24, 2.45) is 0 Å². The molecule has 0 atom stereocenters. The number of aromatic nitrogens is 1. The van der Waals surface area contributed by atoms with E-state index < -0.39 is 0 Å². The van der Waals surface area contributed by atoms with Crippen molar-refractivity contribution in [1.29, 1.82) is 0 Å². The molecule has 3 aromatic rings. The molecule has 7 heteroatoms. The molecule has 4 rings (SSSR count). The minimum Gasteiger partial charge on any atom is -0.497 e. The van der Waals surface area contributed by atoms with Crippen molar-refractivity contribution in [2.45, 2.75) is 31.8 Å². The van der Waals surface area contributed by atoms with Gasteiger partial charge >= 0.3 is 0 Å². The summed E-state index contributed by atoms with van der Waals surface area (Å²) in [5.41, 5.74) is 2.57. The molecule has 1 N–H and O–H groups in total. The smallest absolute Gasteiger partial charge is 0.251 e. The Morgan fingerprint density at radius 1 is 1.09 bits per heavy atom. The van der Waals surface area contributed by atoms with Crippen molar-refractivity contribution in [2.75, 3.05) is 26.9 Å². The summed E-state index contributed by atoms with van der Waals surface area (Å²) in [7, 11) is 1.66. The summed E-state index contributed by atoms with van der Waals surface area (Å²) >= 11 is 1.60. The zero-order valence-corrected chi connectivity index (χ0v) is 19.2. The number of carbonyl (C=O) groups excluding carboxylic acids is 1. The molecule has 0 radical (unpaired) electrons. The molecule has 32 heavy (non-hydrogen) atoms. The Labute approximate surface area is 192 Å². The standard InChI is InChI=1S/C25H28N2O4S/c1-18-27-21(16-32-18)15-31-23-7-3-19(4-8-23)24(28)26-17-25(11-13-30-14-12-25)20-5-9-22(29-2)10-6-20/h3-10,16H,11-15,17H2,1-2H3,(H,26,28). The van der Waals surface area contributed by atoms with Gasteiger partial charge in [-0.15, -0.1) is 11.3 Å². The molecule has 0 bridgehead atoms. The molecular formula is C25H28N2O4S. The van der Waals surface area contributed by atoms with Crippen LogP contribution in [0.25, 0.3) is 0 Å². The maximum atomic E-state index is 12.8. The summed E-state index contributed by atoms with van der Waals surface area (Å²) in [4.78, 5) is 17.2. The number of amides is 1. The highest BCUT2D eigenvalue weighted by Crippen LogP contribution is 2.35. The third-order valence-corrected chi connectivity index (χ3v) is 6.73. The third kappa shape index (κ3) is 5.29. The van der Waals surface area contributed by atoms with Crippen LogP contribution < -0.4 is 14.8 Å². The number of methoxy groups -OCH3 is 1. The second-order valence-corrected chi connectivity index (χ2v) is 9.04. The lowest BCUT2D eigenvalue weighted by Gasteiger charge is -2.38. The molecule has 1 aliphatic heterocycles. The van der Waals surface area contributed by atoms with Crippen LogP contribution >= 0.6 is 11.3 Å². The molecule has 1 aromatic heterocycles. The first-order valence-electron chi connectivity index (χ1n) is 10.7. The lowest BCUT2D eigenvalue weighted by atomic mass is 9.74. The summed E-state index contributed by atoms with van der Waals surface area (Å²) in [6.07, 6.45) is 1.73. The second-order valence-electron chi connectivity index (χ2n) is 7.97. The number of aryl methyl sites for hydroxylation is 1. The summed E-state index contributed by atoms with van der Waals surface area (Å²) < 4.78 is 16.7. The van der Waals surface area contributed by atoms with E-state index in [9.17, 15) is 4.79 Å². The van der Waals surface area contributed by atoms with Crippen molar-refractivity contribution in [3.05, 3.63) is 75.7 Å². The van der Waals surface area contributed by atoms with Gasteiger partial charge in [-0.2, -0.15) is 0 Å². The number of nitrogens with one attached hydrogen (secondary N) is 1. The lowest BCUT2D eigenvalue weighted by molar-refractivity contribution is 0.0487. The number of hydrogen-bond acceptors (Lipinski definition) is 6. The fourth-order valence-corrected chi connectivity index (χ4v) is 4.56. The predicted molar refractivity (Wildman–Crippen MR) is 125 cm³/mol. The van der Waals surface area contributed by atoms with Crippen LogP contribution in [0.1, 0.15) is 39.5 Å². The van der Waals surface area contributed by atoms with E-state index in [0.29, 0.717) is 37.7 Å². The molecule has 0 aliphatic carbocycles. The van der Waals surface area contributed by atoms with Crippen LogP contribution in [0, 0.1) is 6.92 Å². The van der Waals surface area contributed by atoms with E-state index in [0.717, 1.165) is 29.3 Å². The molecule has 1 aliphatic rings. The van der Waals surface area contributed by atoms with Crippen molar-refractivity contribution in [3.63, 3.8) is 0 Å². The largest absolute Gasteiger partial charge is 0.497 e. The summed E-state index contributed by atoms with van der Waals surface area (Å²) in [5.74, 6) is 1.45. The molecule has 1 amide bonds. The molecule has 0 spiro atoms. The lowest BCUT2D eigenvalue weighted by Crippen LogP contribution is -2.44. The summed E-state index contributed by atoms with van der Waals surface area (Å²) in [6, 6.07) is 15.4. The maximum absolute atomic E-state index is 12.8. The van der Waals surface area contributed by atoms with Crippen LogP contribution in [0.4, 0.5) is 0 Å². The van der Waals surface area contributed by atoms with Crippen LogP contribution in [-0.2, 0) is 16.8 Å². The minimum absolute atomic E-state index is 0.0916. The molecular weight excluding hydrogens is 424 g/mol. The van der Waals surface area contributed by atoms with Gasteiger partial charge in [-0.25, -0.2) is 4.98 Å². The van der Waals surface area contributed by atoms with Crippen molar-refractivity contribution < 1.29 is 19.0 Å². The molecule has 2 aromatic carbocycles. The van der Waals surface area contributed by atoms with Gasteiger partial charge in [-0.3, -0.25) is 4.79 Å². The van der Waals surface area contributed by atoms with Gasteiger partial charge in [-0.1, -0.05) is 12.1 Å². The Balaban J connectivity index is 1.38. The minimum atomic E-state index is -0.144. The molecule has 1 saturated heterocycles. The SMILES string of the molecule is COc1ccc(C2(CNC(=O)c3ccc(OCc4csc(C)n4)cc3)CCOCC2)cc1. The van der Waals surface area contributed by atoms with Crippen LogP contribution in [0.5, 0.6) is 11.5 Å². The summed E-state index contributed by atoms with van der Waals surface area (Å²) in [5, 5.41) is 6.15. The average molecular weight is 453 g/mol. The number of thiazole rings is 1. The maximum Gasteiger partial charge on any atom is 0.251 e. The fraction of sp³-hybridized carbons (Fsp3) is 0.360. The summed E-state index contributed by atoms with van der Waals surface area (Å²) in [6.45, 7) is 4.32. The highest BCUT2D eigenvalue weighted by Gasteiger charge is 2.35. The Kier molecular flexibility index (Phi) is 7.07. The number of carbonyl (C=O) groups is 1. The van der Waals surface area contributed by atoms with Crippen molar-refractivity contribution in [3.8, 4) is 11.5 Å². The van der Waals surface area contributed by atoms with Crippen molar-refractivity contribution in [1.82, 2.24) is 10.3 Å². The van der Waals surface area contributed by atoms with Crippen molar-refractivity contribution >= 4 is 17.2 Å². The van der Waals surface area contributed by atoms with Gasteiger partial charge in [0.25, 0.3) is 5.91 Å². The van der Waals surface area contributed by atoms with Crippen LogP contribution in [0.2, 0.25) is 0 Å². The first-order chi connectivity index (χ1) is 15.6. The Morgan fingerprint density at radius 2 is 1.78 bits per heavy atom. The topological polar surface area (TPSA) is 69.7 Å². The zero-order valence-electron chi connectivity index (χ0n) is 18.4. The first kappa shape index (κ1) is 22.3. The number of rotatable bonds is 8. The van der Waals surface area contributed by atoms with Gasteiger partial charge < -0.3 is 19.5 Å². The van der Waals surface area contributed by atoms with Gasteiger partial charge in [0.2, 0.25) is 0 Å². The predicted octanol–water partition coefficient (Wildman–Crippen LogP) is 4.52. The third-order valence-electron chi connectivity index (χ3n) is 5.91. The number of hydrogen-bond donors (Lipinski definition) is 1. The van der Waals surface area contributed by atoms with E-state index in [1.807, 2.05) is 36.6 Å². The van der Waals surface area contributed by atoms with Gasteiger partial charge in [0.05, 0.1) is 17.8 Å². The Morgan fingerprint density at radius 3 is 2.41 bits per heavy atom. The second kappa shape index (κ2) is 10.1. The number of benzene rings is 2. The average Bonchev–Trinajstić information content (AvgIpc) is 3.27. The van der Waals surface area contributed by atoms with E-state index in [4.69, 9.17) is 14.2 Å². The van der Waals surface area contributed by atoms with E-state index in [2.05, 4.69) is 22.4 Å². The molecule has 6 nitrogen and oxygen atoms in total. The highest BCUT2D eigenvalue weighted by atomic mass is 32.1. The molecule has 2 heterocycles. The quantitative estimate of drug-likeness (QED) is 0.544. The van der Waals surface area contributed by atoms with Crippen LogP contribution in [0.15, 0.2) is 53.9 Å². The van der Waals surface area contributed by atoms with E-state index >= 15 is 0 Å². The van der Waals surface area contributed by atoms with Gasteiger partial charge in [0, 0.05) is 36.1 Å². The van der Waals surface area contributed by atoms with Gasteiger partial charge in [0.1, 0.15) is 18.1 Å². The normalized spacial score (nSPS) is 15.2. The van der Waals surface area contributed by atoms with Crippen LogP contribution in [-0.4, -0.2) is 37.8 Å². The zero-order chi connectivity index (χ0) is 22.4. The molecule has 168 valence electrons. The first-order valence-corrected chi connectivity index (χ1v) is 11.6. The fourth-order valence-electron chi connectivity index (χ4n) is 3.96. The van der Waals surface area contributed by atoms with Crippen LogP contribution in [0.3, 0.4) is 0 Å². The molecule has 0 unspecified atom stereocenters. The number of nitrogens with zero attached hydrogens (tertiary/aromatic N) is 1. The number of ether oxygens (including phenoxy) is 3. The Bertz CT molecular complexity index is 1020. The highest BCUT2D eigenvalue weighted by molar-refractivity contribution is 7.09. The Hall–Kier alpha value is -2.90. The van der Waals surface area contributed by atoms with E-state index in [-0.39, 0.29) is 11.3 Å². The van der Waals surface area contributed by atoms with Gasteiger partial charge in [0.15, 0.2) is 0 Å². The molecule has 1 fully saturated rings. The van der Waals surface area contributed by atoms with Gasteiger partial charge in [-0.05, 0) is 61.7 Å². The monoisotopic (exact) mass is 452 g/mol. The van der Waals surface area contributed by atoms with E-state index in [1.165, 1.54) is 5.56 Å². The van der Waals surface area contributed by atoms with E-state index in [1.54, 1.807) is 30.6 Å². The molecule has 0 saturated carbocycles.